The quantitative estimate of drug-likeness (QED) is 0.498. The molecular formula is C26H27N3O2S. The topological polar surface area (TPSA) is 56.2 Å². The highest BCUT2D eigenvalue weighted by Crippen LogP contribution is 2.33. The minimum absolute atomic E-state index is 0.0893. The van der Waals surface area contributed by atoms with Gasteiger partial charge in [-0.05, 0) is 60.1 Å². The van der Waals surface area contributed by atoms with Crippen LogP contribution in [0.1, 0.15) is 35.3 Å². The third-order valence-corrected chi connectivity index (χ3v) is 8.02. The number of benzene rings is 2. The average Bonchev–Trinajstić information content (AvgIpc) is 3.47. The standard InChI is InChI=1S/C26H27N3O2S/c30-26-24-22-10-9-20(27-14-21-6-3-11-31-21)13-23(22)32-25(24)28-16-29(26)15-17-7-8-18-4-1-2-5-19(18)12-17/h1-2,4-5,7-8,12,16,20-21,27H,3,6,9-11,13-15H2. The van der Waals surface area contributed by atoms with Crippen LogP contribution >= 0.6 is 11.3 Å². The van der Waals surface area contributed by atoms with Gasteiger partial charge >= 0.3 is 0 Å². The number of aryl methyl sites for hydroxylation is 1. The van der Waals surface area contributed by atoms with Gasteiger partial charge in [0.25, 0.3) is 5.56 Å². The molecule has 2 aliphatic rings. The Bertz CT molecular complexity index is 1340. The van der Waals surface area contributed by atoms with Crippen molar-refractivity contribution in [2.45, 2.75) is 50.8 Å². The van der Waals surface area contributed by atoms with Crippen molar-refractivity contribution < 1.29 is 4.74 Å². The highest BCUT2D eigenvalue weighted by Gasteiger charge is 2.26. The van der Waals surface area contributed by atoms with E-state index in [0.717, 1.165) is 54.6 Å². The molecule has 6 rings (SSSR count). The SMILES string of the molecule is O=c1c2c3c(sc2ncn1Cc1ccc2ccccc2c1)CC(NCC1CCCO1)CC3. The third kappa shape index (κ3) is 3.76. The molecule has 1 aliphatic carbocycles. The summed E-state index contributed by atoms with van der Waals surface area (Å²) in [6.45, 7) is 2.37. The first kappa shape index (κ1) is 20.1. The van der Waals surface area contributed by atoms with Crippen LogP contribution in [0.3, 0.4) is 0 Å². The van der Waals surface area contributed by atoms with Gasteiger partial charge in [-0.25, -0.2) is 4.98 Å². The molecule has 5 nitrogen and oxygen atoms in total. The number of fused-ring (bicyclic) bond motifs is 4. The average molecular weight is 446 g/mol. The summed E-state index contributed by atoms with van der Waals surface area (Å²) in [5, 5.41) is 6.95. The number of nitrogens with one attached hydrogen (secondary N) is 1. The van der Waals surface area contributed by atoms with Crippen molar-refractivity contribution in [3.63, 3.8) is 0 Å². The monoisotopic (exact) mass is 445 g/mol. The Morgan fingerprint density at radius 3 is 2.94 bits per heavy atom. The molecule has 3 heterocycles. The van der Waals surface area contributed by atoms with E-state index in [1.165, 1.54) is 27.6 Å². The van der Waals surface area contributed by atoms with Crippen LogP contribution in [0, 0.1) is 0 Å². The zero-order valence-corrected chi connectivity index (χ0v) is 18.9. The summed E-state index contributed by atoms with van der Waals surface area (Å²) in [7, 11) is 0. The maximum atomic E-state index is 13.4. The first-order valence-electron chi connectivity index (χ1n) is 11.6. The molecular weight excluding hydrogens is 418 g/mol. The Morgan fingerprint density at radius 2 is 2.06 bits per heavy atom. The molecule has 0 amide bonds. The summed E-state index contributed by atoms with van der Waals surface area (Å²) in [4.78, 5) is 20.3. The van der Waals surface area contributed by atoms with Crippen molar-refractivity contribution >= 4 is 32.3 Å². The summed E-state index contributed by atoms with van der Waals surface area (Å²) in [5.41, 5.74) is 2.44. The van der Waals surface area contributed by atoms with Gasteiger partial charge < -0.3 is 10.1 Å². The Kier molecular flexibility index (Phi) is 5.29. The van der Waals surface area contributed by atoms with Crippen LogP contribution in [0.5, 0.6) is 0 Å². The van der Waals surface area contributed by atoms with E-state index in [4.69, 9.17) is 4.74 Å². The number of rotatable bonds is 5. The fourth-order valence-electron chi connectivity index (χ4n) is 5.13. The molecule has 0 spiro atoms. The van der Waals surface area contributed by atoms with E-state index in [2.05, 4.69) is 40.6 Å². The molecule has 2 aromatic carbocycles. The fraction of sp³-hybridized carbons (Fsp3) is 0.385. The smallest absolute Gasteiger partial charge is 0.262 e. The largest absolute Gasteiger partial charge is 0.377 e. The van der Waals surface area contributed by atoms with Crippen molar-refractivity contribution in [1.82, 2.24) is 14.9 Å². The minimum Gasteiger partial charge on any atom is -0.377 e. The van der Waals surface area contributed by atoms with Crippen LogP contribution in [0.25, 0.3) is 21.0 Å². The molecule has 0 bridgehead atoms. The zero-order valence-electron chi connectivity index (χ0n) is 18.0. The van der Waals surface area contributed by atoms with Crippen molar-refractivity contribution in [1.29, 1.82) is 0 Å². The van der Waals surface area contributed by atoms with Gasteiger partial charge in [0.2, 0.25) is 0 Å². The van der Waals surface area contributed by atoms with Gasteiger partial charge in [0.1, 0.15) is 4.83 Å². The zero-order chi connectivity index (χ0) is 21.5. The normalized spacial score (nSPS) is 20.8. The Labute approximate surface area is 191 Å². The van der Waals surface area contributed by atoms with Gasteiger partial charge in [-0.2, -0.15) is 0 Å². The number of nitrogens with zero attached hydrogens (tertiary/aromatic N) is 2. The molecule has 0 radical (unpaired) electrons. The molecule has 164 valence electrons. The van der Waals surface area contributed by atoms with Crippen molar-refractivity contribution in [3.05, 3.63) is 75.1 Å². The molecule has 0 saturated carbocycles. The van der Waals surface area contributed by atoms with Gasteiger partial charge in [0.05, 0.1) is 24.4 Å². The predicted octanol–water partition coefficient (Wildman–Crippen LogP) is 4.29. The fourth-order valence-corrected chi connectivity index (χ4v) is 6.38. The van der Waals surface area contributed by atoms with E-state index in [-0.39, 0.29) is 5.56 Å². The van der Waals surface area contributed by atoms with Crippen molar-refractivity contribution in [3.8, 4) is 0 Å². The van der Waals surface area contributed by atoms with Gasteiger partial charge in [0, 0.05) is 24.1 Å². The van der Waals surface area contributed by atoms with Gasteiger partial charge in [-0.3, -0.25) is 9.36 Å². The Hall–Kier alpha value is -2.54. The van der Waals surface area contributed by atoms with E-state index in [1.54, 1.807) is 22.2 Å². The van der Waals surface area contributed by atoms with E-state index < -0.39 is 0 Å². The summed E-state index contributed by atoms with van der Waals surface area (Å²) < 4.78 is 7.51. The second-order valence-electron chi connectivity index (χ2n) is 9.03. The molecule has 1 aliphatic heterocycles. The van der Waals surface area contributed by atoms with E-state index in [0.29, 0.717) is 18.7 Å². The van der Waals surface area contributed by atoms with E-state index in [9.17, 15) is 4.79 Å². The summed E-state index contributed by atoms with van der Waals surface area (Å²) >= 11 is 1.70. The highest BCUT2D eigenvalue weighted by molar-refractivity contribution is 7.18. The number of hydrogen-bond donors (Lipinski definition) is 1. The molecule has 2 aromatic heterocycles. The lowest BCUT2D eigenvalue weighted by atomic mass is 9.93. The lowest BCUT2D eigenvalue weighted by Gasteiger charge is -2.24. The highest BCUT2D eigenvalue weighted by atomic mass is 32.1. The van der Waals surface area contributed by atoms with Crippen LogP contribution < -0.4 is 10.9 Å². The summed E-state index contributed by atoms with van der Waals surface area (Å²) in [6, 6.07) is 15.2. The number of thiophene rings is 1. The molecule has 1 fully saturated rings. The molecule has 1 N–H and O–H groups in total. The molecule has 2 atom stereocenters. The molecule has 32 heavy (non-hydrogen) atoms. The molecule has 2 unspecified atom stereocenters. The molecule has 4 aromatic rings. The van der Waals surface area contributed by atoms with Gasteiger partial charge in [-0.15, -0.1) is 11.3 Å². The number of hydrogen-bond acceptors (Lipinski definition) is 5. The van der Waals surface area contributed by atoms with Crippen LogP contribution in [-0.2, 0) is 24.1 Å². The lowest BCUT2D eigenvalue weighted by Crippen LogP contribution is -2.38. The van der Waals surface area contributed by atoms with Crippen molar-refractivity contribution in [2.24, 2.45) is 0 Å². The Morgan fingerprint density at radius 1 is 1.16 bits per heavy atom. The molecule has 1 saturated heterocycles. The first-order valence-corrected chi connectivity index (χ1v) is 12.4. The Balaban J connectivity index is 1.25. The number of aromatic nitrogens is 2. The second kappa shape index (κ2) is 8.43. The van der Waals surface area contributed by atoms with Crippen LogP contribution in [0.4, 0.5) is 0 Å². The number of ether oxygens (including phenoxy) is 1. The van der Waals surface area contributed by atoms with Crippen LogP contribution in [0.2, 0.25) is 0 Å². The predicted molar refractivity (Wildman–Crippen MR) is 130 cm³/mol. The van der Waals surface area contributed by atoms with Crippen LogP contribution in [0.15, 0.2) is 53.6 Å². The first-order chi connectivity index (χ1) is 15.7. The lowest BCUT2D eigenvalue weighted by molar-refractivity contribution is 0.107. The van der Waals surface area contributed by atoms with Gasteiger partial charge in [-0.1, -0.05) is 36.4 Å². The van der Waals surface area contributed by atoms with Crippen LogP contribution in [-0.4, -0.2) is 34.8 Å². The van der Waals surface area contributed by atoms with Gasteiger partial charge in [0.15, 0.2) is 0 Å². The van der Waals surface area contributed by atoms with Crippen molar-refractivity contribution in [2.75, 3.05) is 13.2 Å². The third-order valence-electron chi connectivity index (χ3n) is 6.86. The molecule has 6 heteroatoms. The maximum Gasteiger partial charge on any atom is 0.262 e. The van der Waals surface area contributed by atoms with E-state index >= 15 is 0 Å². The summed E-state index contributed by atoms with van der Waals surface area (Å²) in [6.07, 6.45) is 7.40. The second-order valence-corrected chi connectivity index (χ2v) is 10.1. The maximum absolute atomic E-state index is 13.4. The summed E-state index contributed by atoms with van der Waals surface area (Å²) in [5.74, 6) is 0. The van der Waals surface area contributed by atoms with E-state index in [1.807, 2.05) is 12.1 Å². The minimum atomic E-state index is 0.0893.